The molecule has 0 aromatic rings. The number of hydrogen-bond donors (Lipinski definition) is 1. The lowest BCUT2D eigenvalue weighted by Crippen LogP contribution is -2.52. The van der Waals surface area contributed by atoms with E-state index in [4.69, 9.17) is 0 Å². The fourth-order valence-electron chi connectivity index (χ4n) is 3.05. The minimum Gasteiger partial charge on any atom is -0.317 e. The molecule has 0 spiro atoms. The Bertz CT molecular complexity index is 140. The van der Waals surface area contributed by atoms with Crippen LogP contribution in [0.1, 0.15) is 34.1 Å². The summed E-state index contributed by atoms with van der Waals surface area (Å²) >= 11 is 0. The van der Waals surface area contributed by atoms with Gasteiger partial charge in [-0.2, -0.15) is 0 Å². The number of rotatable bonds is 2. The first kappa shape index (κ1) is 9.05. The van der Waals surface area contributed by atoms with Crippen molar-refractivity contribution in [2.75, 3.05) is 7.05 Å². The molecule has 0 saturated heterocycles. The van der Waals surface area contributed by atoms with Gasteiger partial charge in [-0.1, -0.05) is 20.8 Å². The van der Waals surface area contributed by atoms with E-state index >= 15 is 0 Å². The smallest absolute Gasteiger partial charge is 0.00716 e. The zero-order valence-corrected chi connectivity index (χ0v) is 8.44. The van der Waals surface area contributed by atoms with E-state index in [0.717, 1.165) is 11.8 Å². The highest BCUT2D eigenvalue weighted by molar-refractivity contribution is 4.97. The maximum atomic E-state index is 3.35. The van der Waals surface area contributed by atoms with Gasteiger partial charge in [0, 0.05) is 6.04 Å². The molecule has 66 valence electrons. The quantitative estimate of drug-likeness (QED) is 0.645. The van der Waals surface area contributed by atoms with Crippen LogP contribution < -0.4 is 5.32 Å². The van der Waals surface area contributed by atoms with E-state index in [2.05, 4.69) is 40.1 Å². The Kier molecular flexibility index (Phi) is 2.29. The summed E-state index contributed by atoms with van der Waals surface area (Å²) in [6.45, 7) is 9.42. The zero-order valence-electron chi connectivity index (χ0n) is 8.44. The topological polar surface area (TPSA) is 12.0 Å². The molecule has 0 aromatic carbocycles. The van der Waals surface area contributed by atoms with Gasteiger partial charge in [0.15, 0.2) is 0 Å². The third kappa shape index (κ3) is 1.44. The summed E-state index contributed by atoms with van der Waals surface area (Å²) in [5.41, 5.74) is 0.571. The molecule has 0 heterocycles. The van der Waals surface area contributed by atoms with Crippen LogP contribution in [-0.2, 0) is 0 Å². The average Bonchev–Trinajstić information content (AvgIpc) is 1.85. The lowest BCUT2D eigenvalue weighted by atomic mass is 9.54. The maximum absolute atomic E-state index is 3.35. The SMILES string of the molecule is CNC(C)C1C(C)CC1(C)C. The molecule has 1 saturated carbocycles. The van der Waals surface area contributed by atoms with Gasteiger partial charge in [-0.25, -0.2) is 0 Å². The van der Waals surface area contributed by atoms with Crippen molar-refractivity contribution in [1.29, 1.82) is 0 Å². The van der Waals surface area contributed by atoms with E-state index in [9.17, 15) is 0 Å². The Morgan fingerprint density at radius 3 is 2.18 bits per heavy atom. The van der Waals surface area contributed by atoms with E-state index in [1.54, 1.807) is 0 Å². The highest BCUT2D eigenvalue weighted by Crippen LogP contribution is 2.51. The zero-order chi connectivity index (χ0) is 8.65. The Balaban J connectivity index is 2.55. The third-order valence-corrected chi connectivity index (χ3v) is 3.36. The van der Waals surface area contributed by atoms with Crippen molar-refractivity contribution in [2.24, 2.45) is 17.3 Å². The maximum Gasteiger partial charge on any atom is 0.00716 e. The molecule has 1 heteroatoms. The highest BCUT2D eigenvalue weighted by Gasteiger charge is 2.46. The van der Waals surface area contributed by atoms with Crippen molar-refractivity contribution in [3.05, 3.63) is 0 Å². The Labute approximate surface area is 70.6 Å². The predicted octanol–water partition coefficient (Wildman–Crippen LogP) is 2.28. The van der Waals surface area contributed by atoms with Gasteiger partial charge in [-0.3, -0.25) is 0 Å². The highest BCUT2D eigenvalue weighted by atomic mass is 14.9. The van der Waals surface area contributed by atoms with E-state index in [0.29, 0.717) is 11.5 Å². The minimum absolute atomic E-state index is 0.571. The molecule has 0 aromatic heterocycles. The summed E-state index contributed by atoms with van der Waals surface area (Å²) in [7, 11) is 2.06. The molecule has 0 amide bonds. The molecular weight excluding hydrogens is 134 g/mol. The first-order valence-corrected chi connectivity index (χ1v) is 4.66. The molecule has 1 nitrogen and oxygen atoms in total. The van der Waals surface area contributed by atoms with Crippen molar-refractivity contribution >= 4 is 0 Å². The Morgan fingerprint density at radius 1 is 1.45 bits per heavy atom. The van der Waals surface area contributed by atoms with Gasteiger partial charge < -0.3 is 5.32 Å². The van der Waals surface area contributed by atoms with Crippen LogP contribution in [0, 0.1) is 17.3 Å². The number of nitrogens with one attached hydrogen (secondary N) is 1. The van der Waals surface area contributed by atoms with Crippen LogP contribution >= 0.6 is 0 Å². The van der Waals surface area contributed by atoms with Crippen LogP contribution in [0.5, 0.6) is 0 Å². The van der Waals surface area contributed by atoms with Crippen molar-refractivity contribution < 1.29 is 0 Å². The van der Waals surface area contributed by atoms with Crippen LogP contribution in [0.2, 0.25) is 0 Å². The summed E-state index contributed by atoms with van der Waals surface area (Å²) in [6, 6.07) is 0.675. The number of hydrogen-bond acceptors (Lipinski definition) is 1. The Morgan fingerprint density at radius 2 is 2.00 bits per heavy atom. The van der Waals surface area contributed by atoms with E-state index < -0.39 is 0 Å². The summed E-state index contributed by atoms with van der Waals surface area (Å²) in [4.78, 5) is 0. The monoisotopic (exact) mass is 155 g/mol. The van der Waals surface area contributed by atoms with Crippen molar-refractivity contribution in [2.45, 2.75) is 40.2 Å². The third-order valence-electron chi connectivity index (χ3n) is 3.36. The molecule has 1 aliphatic carbocycles. The molecule has 0 aliphatic heterocycles. The summed E-state index contributed by atoms with van der Waals surface area (Å²) in [5.74, 6) is 1.78. The van der Waals surface area contributed by atoms with Crippen LogP contribution in [0.25, 0.3) is 0 Å². The van der Waals surface area contributed by atoms with Gasteiger partial charge in [0.05, 0.1) is 0 Å². The molecule has 1 aliphatic rings. The van der Waals surface area contributed by atoms with Crippen molar-refractivity contribution in [3.63, 3.8) is 0 Å². The van der Waals surface area contributed by atoms with Crippen LogP contribution in [-0.4, -0.2) is 13.1 Å². The van der Waals surface area contributed by atoms with E-state index in [-0.39, 0.29) is 0 Å². The van der Waals surface area contributed by atoms with Gasteiger partial charge in [-0.05, 0) is 37.6 Å². The normalized spacial score (nSPS) is 37.9. The molecular formula is C10H21N. The standard InChI is InChI=1S/C10H21N/c1-7-6-10(3,4)9(7)8(2)11-5/h7-9,11H,6H2,1-5H3. The lowest BCUT2D eigenvalue weighted by molar-refractivity contribution is -0.0216. The van der Waals surface area contributed by atoms with E-state index in [1.165, 1.54) is 6.42 Å². The van der Waals surface area contributed by atoms with Gasteiger partial charge in [0.25, 0.3) is 0 Å². The molecule has 3 atom stereocenters. The molecule has 3 unspecified atom stereocenters. The molecule has 0 radical (unpaired) electrons. The summed E-state index contributed by atoms with van der Waals surface area (Å²) in [6.07, 6.45) is 1.39. The largest absolute Gasteiger partial charge is 0.317 e. The second-order valence-electron chi connectivity index (χ2n) is 4.77. The molecule has 1 fully saturated rings. The van der Waals surface area contributed by atoms with Crippen LogP contribution in [0.3, 0.4) is 0 Å². The molecule has 11 heavy (non-hydrogen) atoms. The minimum atomic E-state index is 0.571. The van der Waals surface area contributed by atoms with Crippen molar-refractivity contribution in [1.82, 2.24) is 5.32 Å². The molecule has 1 rings (SSSR count). The first-order valence-electron chi connectivity index (χ1n) is 4.66. The second kappa shape index (κ2) is 2.78. The fraction of sp³-hybridized carbons (Fsp3) is 1.00. The molecule has 1 N–H and O–H groups in total. The van der Waals surface area contributed by atoms with Gasteiger partial charge in [-0.15, -0.1) is 0 Å². The summed E-state index contributed by atoms with van der Waals surface area (Å²) in [5, 5.41) is 3.35. The average molecular weight is 155 g/mol. The fourth-order valence-corrected chi connectivity index (χ4v) is 3.05. The van der Waals surface area contributed by atoms with Crippen LogP contribution in [0.15, 0.2) is 0 Å². The lowest BCUT2D eigenvalue weighted by Gasteiger charge is -2.53. The first-order chi connectivity index (χ1) is 4.99. The van der Waals surface area contributed by atoms with Gasteiger partial charge in [0.2, 0.25) is 0 Å². The predicted molar refractivity (Wildman–Crippen MR) is 49.6 cm³/mol. The molecule has 0 bridgehead atoms. The second-order valence-corrected chi connectivity index (χ2v) is 4.77. The van der Waals surface area contributed by atoms with Gasteiger partial charge in [0.1, 0.15) is 0 Å². The summed E-state index contributed by atoms with van der Waals surface area (Å²) < 4.78 is 0. The Hall–Kier alpha value is -0.0400. The van der Waals surface area contributed by atoms with Crippen LogP contribution in [0.4, 0.5) is 0 Å². The van der Waals surface area contributed by atoms with E-state index in [1.807, 2.05) is 0 Å². The van der Waals surface area contributed by atoms with Crippen molar-refractivity contribution in [3.8, 4) is 0 Å². The van der Waals surface area contributed by atoms with Gasteiger partial charge >= 0.3 is 0 Å².